The molecule has 3 amide bonds. The number of carbonyl (C=O) groups is 3. The molecule has 8 nitrogen and oxygen atoms in total. The van der Waals surface area contributed by atoms with Crippen LogP contribution in [0.4, 0.5) is 10.5 Å². The number of hydrogen-bond acceptors (Lipinski definition) is 5. The quantitative estimate of drug-likeness (QED) is 0.157. The maximum Gasteiger partial charge on any atom is 0.408 e. The van der Waals surface area contributed by atoms with Crippen LogP contribution in [0.2, 0.25) is 0 Å². The maximum absolute atomic E-state index is 14.6. The summed E-state index contributed by atoms with van der Waals surface area (Å²) in [7, 11) is 0. The fourth-order valence-corrected chi connectivity index (χ4v) is 5.12. The van der Waals surface area contributed by atoms with Gasteiger partial charge in [-0.3, -0.25) is 9.59 Å². The van der Waals surface area contributed by atoms with Crippen molar-refractivity contribution < 1.29 is 24.2 Å². The summed E-state index contributed by atoms with van der Waals surface area (Å²) in [6.45, 7) is 7.48. The SMILES string of the molecule is C#Cc1ccc(C(C(=O)Nc2ccc3ccccc3c2)N(CCCC)C(=O)C(Cc2ccc(O)cc2)NC(=O)OC(C)(C)C)cc1. The van der Waals surface area contributed by atoms with Gasteiger partial charge in [0.1, 0.15) is 23.4 Å². The van der Waals surface area contributed by atoms with Crippen molar-refractivity contribution in [3.8, 4) is 18.1 Å². The molecule has 0 aliphatic carbocycles. The molecule has 0 aromatic heterocycles. The largest absolute Gasteiger partial charge is 0.508 e. The van der Waals surface area contributed by atoms with E-state index in [0.29, 0.717) is 28.8 Å². The van der Waals surface area contributed by atoms with E-state index in [1.165, 1.54) is 17.0 Å². The number of ether oxygens (including phenoxy) is 1. The Balaban J connectivity index is 1.75. The molecule has 0 aliphatic heterocycles. The molecular formula is C38H41N3O5. The number of hydrogen-bond donors (Lipinski definition) is 3. The molecule has 3 N–H and O–H groups in total. The third-order valence-electron chi connectivity index (χ3n) is 7.37. The Hall–Kier alpha value is -5.29. The van der Waals surface area contributed by atoms with Crippen LogP contribution in [0.1, 0.15) is 63.3 Å². The second-order valence-electron chi connectivity index (χ2n) is 12.2. The van der Waals surface area contributed by atoms with Crippen molar-refractivity contribution in [3.63, 3.8) is 0 Å². The minimum absolute atomic E-state index is 0.0807. The van der Waals surface area contributed by atoms with Gasteiger partial charge in [0.2, 0.25) is 5.91 Å². The first-order valence-corrected chi connectivity index (χ1v) is 15.4. The van der Waals surface area contributed by atoms with Crippen molar-refractivity contribution in [3.05, 3.63) is 108 Å². The van der Waals surface area contributed by atoms with Crippen molar-refractivity contribution in [2.75, 3.05) is 11.9 Å². The van der Waals surface area contributed by atoms with Gasteiger partial charge in [-0.1, -0.05) is 73.9 Å². The number of phenols is 1. The molecule has 0 saturated carbocycles. The summed E-state index contributed by atoms with van der Waals surface area (Å²) < 4.78 is 5.51. The van der Waals surface area contributed by atoms with E-state index < -0.39 is 35.6 Å². The second-order valence-corrected chi connectivity index (χ2v) is 12.2. The first kappa shape index (κ1) is 33.6. The molecule has 46 heavy (non-hydrogen) atoms. The number of benzene rings is 4. The third kappa shape index (κ3) is 9.12. The van der Waals surface area contributed by atoms with Gasteiger partial charge in [0.25, 0.3) is 5.91 Å². The van der Waals surface area contributed by atoms with E-state index >= 15 is 0 Å². The third-order valence-corrected chi connectivity index (χ3v) is 7.37. The summed E-state index contributed by atoms with van der Waals surface area (Å²) in [6, 6.07) is 24.8. The lowest BCUT2D eigenvalue weighted by molar-refractivity contribution is -0.140. The molecule has 0 fully saturated rings. The van der Waals surface area contributed by atoms with E-state index in [1.54, 1.807) is 57.2 Å². The standard InChI is InChI=1S/C38H41N3O5/c1-6-8-23-41(36(44)33(40-37(45)46-38(3,4)5)24-27-15-21-32(42)22-16-27)34(29-17-13-26(7-2)14-18-29)35(43)39-31-20-19-28-11-9-10-12-30(28)25-31/h2,9-22,25,33-34,42H,6,8,23-24H2,1,3-5H3,(H,39,43)(H,40,45). The van der Waals surface area contributed by atoms with Gasteiger partial charge in [0.05, 0.1) is 0 Å². The number of nitrogens with one attached hydrogen (secondary N) is 2. The topological polar surface area (TPSA) is 108 Å². The smallest absolute Gasteiger partial charge is 0.408 e. The van der Waals surface area contributed by atoms with Crippen molar-refractivity contribution in [2.24, 2.45) is 0 Å². The van der Waals surface area contributed by atoms with E-state index in [1.807, 2.05) is 49.4 Å². The fourth-order valence-electron chi connectivity index (χ4n) is 5.12. The summed E-state index contributed by atoms with van der Waals surface area (Å²) in [5.41, 5.74) is 1.71. The summed E-state index contributed by atoms with van der Waals surface area (Å²) in [5.74, 6) is 1.82. The van der Waals surface area contributed by atoms with Gasteiger partial charge in [0, 0.05) is 24.2 Å². The van der Waals surface area contributed by atoms with E-state index in [-0.39, 0.29) is 18.7 Å². The van der Waals surface area contributed by atoms with Gasteiger partial charge >= 0.3 is 6.09 Å². The lowest BCUT2D eigenvalue weighted by Gasteiger charge is -2.34. The lowest BCUT2D eigenvalue weighted by Crippen LogP contribution is -2.53. The number of alkyl carbamates (subject to hydrolysis) is 1. The zero-order chi connectivity index (χ0) is 33.3. The molecule has 0 heterocycles. The highest BCUT2D eigenvalue weighted by Crippen LogP contribution is 2.27. The van der Waals surface area contributed by atoms with E-state index in [2.05, 4.69) is 16.6 Å². The van der Waals surface area contributed by atoms with Gasteiger partial charge in [-0.05, 0) is 85.5 Å². The molecule has 0 saturated heterocycles. The van der Waals surface area contributed by atoms with Crippen LogP contribution >= 0.6 is 0 Å². The van der Waals surface area contributed by atoms with Gasteiger partial charge in [-0.15, -0.1) is 6.42 Å². The van der Waals surface area contributed by atoms with E-state index in [0.717, 1.165) is 17.2 Å². The van der Waals surface area contributed by atoms with Crippen LogP contribution in [0, 0.1) is 12.3 Å². The predicted octanol–water partition coefficient (Wildman–Crippen LogP) is 6.97. The predicted molar refractivity (Wildman–Crippen MR) is 181 cm³/mol. The highest BCUT2D eigenvalue weighted by atomic mass is 16.6. The highest BCUT2D eigenvalue weighted by molar-refractivity contribution is 6.00. The Bertz CT molecular complexity index is 1700. The summed E-state index contributed by atoms with van der Waals surface area (Å²) >= 11 is 0. The Morgan fingerprint density at radius 1 is 0.935 bits per heavy atom. The van der Waals surface area contributed by atoms with Crippen molar-refractivity contribution in [1.82, 2.24) is 10.2 Å². The molecule has 4 aromatic rings. The number of amides is 3. The molecule has 4 aromatic carbocycles. The summed E-state index contributed by atoms with van der Waals surface area (Å²) in [4.78, 5) is 43.4. The molecule has 0 bridgehead atoms. The Morgan fingerprint density at radius 2 is 1.61 bits per heavy atom. The van der Waals surface area contributed by atoms with Crippen LogP contribution in [0.5, 0.6) is 5.75 Å². The van der Waals surface area contributed by atoms with Crippen LogP contribution < -0.4 is 10.6 Å². The molecule has 4 rings (SSSR count). The Kier molecular flexibility index (Phi) is 11.1. The number of terminal acetylenes is 1. The molecular weight excluding hydrogens is 578 g/mol. The maximum atomic E-state index is 14.6. The highest BCUT2D eigenvalue weighted by Gasteiger charge is 2.36. The van der Waals surface area contributed by atoms with E-state index in [4.69, 9.17) is 11.2 Å². The average Bonchev–Trinajstić information content (AvgIpc) is 3.02. The number of nitrogens with zero attached hydrogens (tertiary/aromatic N) is 1. The van der Waals surface area contributed by atoms with Crippen LogP contribution in [0.15, 0.2) is 91.0 Å². The Morgan fingerprint density at radius 3 is 2.24 bits per heavy atom. The summed E-state index contributed by atoms with van der Waals surface area (Å²) in [5, 5.41) is 17.6. The number of aromatic hydroxyl groups is 1. The zero-order valence-corrected chi connectivity index (χ0v) is 26.7. The van der Waals surface area contributed by atoms with Crippen molar-refractivity contribution in [2.45, 2.75) is 64.6 Å². The molecule has 0 aliphatic rings. The molecule has 2 atom stereocenters. The summed E-state index contributed by atoms with van der Waals surface area (Å²) in [6.07, 6.45) is 6.34. The normalized spacial score (nSPS) is 12.4. The van der Waals surface area contributed by atoms with Gasteiger partial charge < -0.3 is 25.4 Å². The van der Waals surface area contributed by atoms with Crippen molar-refractivity contribution in [1.29, 1.82) is 0 Å². The van der Waals surface area contributed by atoms with Crippen LogP contribution in [-0.2, 0) is 20.7 Å². The average molecular weight is 620 g/mol. The van der Waals surface area contributed by atoms with E-state index in [9.17, 15) is 19.5 Å². The van der Waals surface area contributed by atoms with Crippen LogP contribution in [0.3, 0.4) is 0 Å². The fraction of sp³-hybridized carbons (Fsp3) is 0.289. The number of unbranched alkanes of at least 4 members (excludes halogenated alkanes) is 1. The number of fused-ring (bicyclic) bond motifs is 1. The van der Waals surface area contributed by atoms with Gasteiger partial charge in [-0.2, -0.15) is 0 Å². The van der Waals surface area contributed by atoms with Crippen LogP contribution in [0.25, 0.3) is 10.8 Å². The minimum Gasteiger partial charge on any atom is -0.508 e. The zero-order valence-electron chi connectivity index (χ0n) is 26.7. The molecule has 0 spiro atoms. The molecule has 2 unspecified atom stereocenters. The van der Waals surface area contributed by atoms with Gasteiger partial charge in [0.15, 0.2) is 0 Å². The number of carbonyl (C=O) groups excluding carboxylic acids is 3. The molecule has 238 valence electrons. The number of anilines is 1. The van der Waals surface area contributed by atoms with Crippen LogP contribution in [-0.4, -0.2) is 46.1 Å². The first-order chi connectivity index (χ1) is 22.0. The van der Waals surface area contributed by atoms with Gasteiger partial charge in [-0.25, -0.2) is 4.79 Å². The first-order valence-electron chi connectivity index (χ1n) is 15.4. The number of rotatable bonds is 11. The molecule has 8 heteroatoms. The number of phenolic OH excluding ortho intramolecular Hbond substituents is 1. The Labute approximate surface area is 270 Å². The monoisotopic (exact) mass is 619 g/mol. The second kappa shape index (κ2) is 15.1. The minimum atomic E-state index is -1.07. The molecule has 0 radical (unpaired) electrons. The van der Waals surface area contributed by atoms with Crippen molar-refractivity contribution >= 4 is 34.4 Å². The lowest BCUT2D eigenvalue weighted by atomic mass is 9.98.